The fourth-order valence-corrected chi connectivity index (χ4v) is 2.97. The number of hydrogen-bond acceptors (Lipinski definition) is 1. The molecule has 0 radical (unpaired) electrons. The van der Waals surface area contributed by atoms with Gasteiger partial charge in [-0.3, -0.25) is 4.79 Å². The second-order valence-electron chi connectivity index (χ2n) is 5.08. The molecule has 2 bridgehead atoms. The van der Waals surface area contributed by atoms with Crippen molar-refractivity contribution in [1.29, 1.82) is 0 Å². The summed E-state index contributed by atoms with van der Waals surface area (Å²) in [5.74, 6) is 1.32. The topological polar surface area (TPSA) is 17.1 Å². The van der Waals surface area contributed by atoms with E-state index in [0.717, 1.165) is 18.4 Å². The number of ketones is 1. The van der Waals surface area contributed by atoms with Crippen LogP contribution >= 0.6 is 0 Å². The molecule has 0 saturated heterocycles. The molecule has 1 aromatic rings. The van der Waals surface area contributed by atoms with Crippen molar-refractivity contribution in [2.45, 2.75) is 26.2 Å². The molecule has 82 valence electrons. The van der Waals surface area contributed by atoms with Crippen LogP contribution in [0, 0.1) is 18.8 Å². The minimum Gasteiger partial charge on any atom is -0.294 e. The molecule has 0 aromatic heterocycles. The van der Waals surface area contributed by atoms with E-state index in [1.807, 2.05) is 0 Å². The van der Waals surface area contributed by atoms with Gasteiger partial charge >= 0.3 is 0 Å². The quantitative estimate of drug-likeness (QED) is 0.652. The van der Waals surface area contributed by atoms with Crippen molar-refractivity contribution in [2.75, 3.05) is 0 Å². The molecule has 0 amide bonds. The van der Waals surface area contributed by atoms with Gasteiger partial charge in [0.15, 0.2) is 5.78 Å². The van der Waals surface area contributed by atoms with Crippen LogP contribution in [0.4, 0.5) is 0 Å². The van der Waals surface area contributed by atoms with Crippen molar-refractivity contribution >= 4 is 11.9 Å². The van der Waals surface area contributed by atoms with E-state index in [1.54, 1.807) is 0 Å². The lowest BCUT2D eigenvalue weighted by Gasteiger charge is -2.11. The molecular weight excluding hydrogens is 196 g/mol. The summed E-state index contributed by atoms with van der Waals surface area (Å²) in [6.45, 7) is 2.08. The number of benzene rings is 1. The van der Waals surface area contributed by atoms with Gasteiger partial charge in [-0.2, -0.15) is 0 Å². The van der Waals surface area contributed by atoms with Crippen molar-refractivity contribution in [2.24, 2.45) is 11.8 Å². The second kappa shape index (κ2) is 3.58. The van der Waals surface area contributed by atoms with Gasteiger partial charge in [0.1, 0.15) is 0 Å². The summed E-state index contributed by atoms with van der Waals surface area (Å²) in [6, 6.07) is 8.40. The van der Waals surface area contributed by atoms with Crippen LogP contribution in [-0.4, -0.2) is 5.78 Å². The molecule has 16 heavy (non-hydrogen) atoms. The number of Topliss-reactive ketones (excluding diaryl/α,β-unsaturated/α-hetero) is 1. The molecule has 1 nitrogen and oxygen atoms in total. The van der Waals surface area contributed by atoms with Crippen molar-refractivity contribution in [3.05, 3.63) is 41.0 Å². The number of fused-ring (bicyclic) bond motifs is 2. The Balaban J connectivity index is 1.93. The van der Waals surface area contributed by atoms with Crippen molar-refractivity contribution < 1.29 is 4.79 Å². The van der Waals surface area contributed by atoms with Gasteiger partial charge in [0.2, 0.25) is 0 Å². The summed E-state index contributed by atoms with van der Waals surface area (Å²) >= 11 is 0. The van der Waals surface area contributed by atoms with Crippen LogP contribution in [-0.2, 0) is 4.79 Å². The zero-order valence-electron chi connectivity index (χ0n) is 9.57. The highest BCUT2D eigenvalue weighted by atomic mass is 16.1. The van der Waals surface area contributed by atoms with Gasteiger partial charge in [-0.25, -0.2) is 0 Å². The lowest BCUT2D eigenvalue weighted by molar-refractivity contribution is -0.118. The lowest BCUT2D eigenvalue weighted by atomic mass is 9.92. The van der Waals surface area contributed by atoms with E-state index < -0.39 is 0 Å². The molecule has 0 aliphatic heterocycles. The number of rotatable bonds is 1. The van der Waals surface area contributed by atoms with E-state index >= 15 is 0 Å². The van der Waals surface area contributed by atoms with Crippen LogP contribution in [0.15, 0.2) is 29.8 Å². The third kappa shape index (κ3) is 1.51. The maximum Gasteiger partial charge on any atom is 0.162 e. The first-order chi connectivity index (χ1) is 7.74. The summed E-state index contributed by atoms with van der Waals surface area (Å²) in [6.07, 6.45) is 5.55. The normalized spacial score (nSPS) is 30.3. The molecule has 2 fully saturated rings. The third-order valence-corrected chi connectivity index (χ3v) is 3.93. The van der Waals surface area contributed by atoms with Gasteiger partial charge in [-0.15, -0.1) is 0 Å². The van der Waals surface area contributed by atoms with E-state index in [2.05, 4.69) is 37.3 Å². The first kappa shape index (κ1) is 9.83. The molecule has 2 saturated carbocycles. The van der Waals surface area contributed by atoms with Gasteiger partial charge in [-0.05, 0) is 49.3 Å². The first-order valence-electron chi connectivity index (χ1n) is 6.06. The van der Waals surface area contributed by atoms with E-state index in [9.17, 15) is 4.79 Å². The van der Waals surface area contributed by atoms with Crippen LogP contribution in [0.1, 0.15) is 30.4 Å². The molecular formula is C15H16O. The monoisotopic (exact) mass is 212 g/mol. The zero-order chi connectivity index (χ0) is 11.1. The largest absolute Gasteiger partial charge is 0.294 e. The molecule has 0 N–H and O–H groups in total. The van der Waals surface area contributed by atoms with Crippen molar-refractivity contribution in [3.63, 3.8) is 0 Å². The summed E-state index contributed by atoms with van der Waals surface area (Å²) in [5.41, 5.74) is 3.52. The molecule has 1 heteroatoms. The Hall–Kier alpha value is -1.37. The molecule has 0 spiro atoms. The summed E-state index contributed by atoms with van der Waals surface area (Å²) < 4.78 is 0. The molecule has 2 aliphatic rings. The SMILES string of the molecule is Cc1ccc(/C=C2/C(=O)C3CCC2C3)cc1. The standard InChI is InChI=1S/C15H16O/c1-10-2-4-11(5-3-10)8-14-12-6-7-13(9-12)15(14)16/h2-5,8,12-13H,6-7,9H2,1H3/b14-8+. The average Bonchev–Trinajstić information content (AvgIpc) is 2.85. The Morgan fingerprint density at radius 1 is 1.12 bits per heavy atom. The molecule has 2 aliphatic carbocycles. The minimum absolute atomic E-state index is 0.349. The van der Waals surface area contributed by atoms with E-state index in [-0.39, 0.29) is 0 Å². The Kier molecular flexibility index (Phi) is 2.20. The maximum atomic E-state index is 12.0. The van der Waals surface area contributed by atoms with Crippen LogP contribution in [0.25, 0.3) is 6.08 Å². The average molecular weight is 212 g/mol. The Bertz CT molecular complexity index is 453. The van der Waals surface area contributed by atoms with Crippen molar-refractivity contribution in [1.82, 2.24) is 0 Å². The molecule has 0 heterocycles. The van der Waals surface area contributed by atoms with Gasteiger partial charge in [0, 0.05) is 5.92 Å². The van der Waals surface area contributed by atoms with Crippen LogP contribution in [0.3, 0.4) is 0 Å². The van der Waals surface area contributed by atoms with Crippen molar-refractivity contribution in [3.8, 4) is 0 Å². The Morgan fingerprint density at radius 2 is 1.81 bits per heavy atom. The van der Waals surface area contributed by atoms with Crippen LogP contribution in [0.2, 0.25) is 0 Å². The third-order valence-electron chi connectivity index (χ3n) is 3.93. The fourth-order valence-electron chi connectivity index (χ4n) is 2.97. The van der Waals surface area contributed by atoms with E-state index in [4.69, 9.17) is 0 Å². The minimum atomic E-state index is 0.349. The predicted molar refractivity (Wildman–Crippen MR) is 65.0 cm³/mol. The first-order valence-corrected chi connectivity index (χ1v) is 6.06. The molecule has 1 aromatic carbocycles. The highest BCUT2D eigenvalue weighted by Gasteiger charge is 2.42. The Labute approximate surface area is 96.2 Å². The fraction of sp³-hybridized carbons (Fsp3) is 0.400. The molecule has 2 unspecified atom stereocenters. The maximum absolute atomic E-state index is 12.0. The van der Waals surface area contributed by atoms with Gasteiger partial charge in [0.05, 0.1) is 0 Å². The van der Waals surface area contributed by atoms with Crippen LogP contribution in [0.5, 0.6) is 0 Å². The van der Waals surface area contributed by atoms with E-state index in [1.165, 1.54) is 17.5 Å². The van der Waals surface area contributed by atoms with Gasteiger partial charge in [0.25, 0.3) is 0 Å². The molecule has 2 atom stereocenters. The lowest BCUT2D eigenvalue weighted by Crippen LogP contribution is -2.11. The second-order valence-corrected chi connectivity index (χ2v) is 5.08. The van der Waals surface area contributed by atoms with Gasteiger partial charge < -0.3 is 0 Å². The highest BCUT2D eigenvalue weighted by Crippen LogP contribution is 2.46. The number of carbonyl (C=O) groups excluding carboxylic acids is 1. The number of carbonyl (C=O) groups is 1. The van der Waals surface area contributed by atoms with Gasteiger partial charge in [-0.1, -0.05) is 29.8 Å². The molecule has 3 rings (SSSR count). The summed E-state index contributed by atoms with van der Waals surface area (Å²) in [7, 11) is 0. The zero-order valence-corrected chi connectivity index (χ0v) is 9.57. The number of allylic oxidation sites excluding steroid dienone is 1. The Morgan fingerprint density at radius 3 is 2.44 bits per heavy atom. The summed E-state index contributed by atoms with van der Waals surface area (Å²) in [4.78, 5) is 12.0. The smallest absolute Gasteiger partial charge is 0.162 e. The highest BCUT2D eigenvalue weighted by molar-refractivity contribution is 6.04. The number of hydrogen-bond donors (Lipinski definition) is 0. The van der Waals surface area contributed by atoms with Crippen LogP contribution < -0.4 is 0 Å². The predicted octanol–water partition coefficient (Wildman–Crippen LogP) is 3.38. The van der Waals surface area contributed by atoms with E-state index in [0.29, 0.717) is 17.6 Å². The summed E-state index contributed by atoms with van der Waals surface area (Å²) in [5, 5.41) is 0. The number of aryl methyl sites for hydroxylation is 1.